The van der Waals surface area contributed by atoms with Crippen LogP contribution < -0.4 is 5.32 Å². The zero-order chi connectivity index (χ0) is 11.1. The molecule has 1 aromatic rings. The molecule has 0 aliphatic rings. The van der Waals surface area contributed by atoms with Gasteiger partial charge in [-0.25, -0.2) is 0 Å². The molecule has 1 rings (SSSR count). The Balaban J connectivity index is 0.00000225. The quantitative estimate of drug-likeness (QED) is 0.753. The minimum absolute atomic E-state index is 0. The largest absolute Gasteiger partial charge is 0.387 e. The van der Waals surface area contributed by atoms with Crippen LogP contribution >= 0.6 is 12.4 Å². The van der Waals surface area contributed by atoms with Gasteiger partial charge in [0.25, 0.3) is 0 Å². The van der Waals surface area contributed by atoms with E-state index < -0.39 is 6.10 Å². The maximum Gasteiger partial charge on any atom is 0.0940 e. The van der Waals surface area contributed by atoms with Gasteiger partial charge in [0.2, 0.25) is 0 Å². The Labute approximate surface area is 104 Å². The van der Waals surface area contributed by atoms with Gasteiger partial charge in [0.1, 0.15) is 0 Å². The summed E-state index contributed by atoms with van der Waals surface area (Å²) in [4.78, 5) is 0. The number of rotatable bonds is 6. The lowest BCUT2D eigenvalue weighted by Gasteiger charge is -2.20. The predicted octanol–water partition coefficient (Wildman–Crippen LogP) is 2.92. The van der Waals surface area contributed by atoms with Crippen LogP contribution in [0.1, 0.15) is 38.4 Å². The Hall–Kier alpha value is -0.570. The summed E-state index contributed by atoms with van der Waals surface area (Å²) in [5.41, 5.74) is 0.981. The van der Waals surface area contributed by atoms with Crippen LogP contribution in [0.25, 0.3) is 0 Å². The van der Waals surface area contributed by atoms with Gasteiger partial charge < -0.3 is 10.4 Å². The zero-order valence-corrected chi connectivity index (χ0v) is 10.8. The van der Waals surface area contributed by atoms with Crippen molar-refractivity contribution in [2.24, 2.45) is 0 Å². The summed E-state index contributed by atoms with van der Waals surface area (Å²) in [7, 11) is 0. The van der Waals surface area contributed by atoms with E-state index in [1.165, 1.54) is 6.42 Å². The van der Waals surface area contributed by atoms with Gasteiger partial charge in [0, 0.05) is 6.04 Å². The molecule has 92 valence electrons. The smallest absolute Gasteiger partial charge is 0.0940 e. The highest BCUT2D eigenvalue weighted by Gasteiger charge is 2.14. The van der Waals surface area contributed by atoms with Crippen molar-refractivity contribution in [2.45, 2.75) is 38.8 Å². The van der Waals surface area contributed by atoms with E-state index in [1.807, 2.05) is 37.3 Å². The van der Waals surface area contributed by atoms with Crippen molar-refractivity contribution in [3.05, 3.63) is 35.9 Å². The number of aliphatic hydroxyl groups excluding tert-OH is 1. The van der Waals surface area contributed by atoms with E-state index in [1.54, 1.807) is 0 Å². The number of halogens is 1. The van der Waals surface area contributed by atoms with E-state index in [9.17, 15) is 5.11 Å². The Morgan fingerprint density at radius 3 is 2.44 bits per heavy atom. The standard InChI is InChI=1S/C13H21NO.ClH/c1-3-4-10-14-11(2)13(15)12-8-6-5-7-9-12;/h5-9,11,13-15H,3-4,10H2,1-2H3;1H. The third-order valence-electron chi connectivity index (χ3n) is 2.61. The van der Waals surface area contributed by atoms with Crippen molar-refractivity contribution < 1.29 is 5.11 Å². The highest BCUT2D eigenvalue weighted by Crippen LogP contribution is 2.15. The molecule has 1 aromatic carbocycles. The van der Waals surface area contributed by atoms with E-state index in [2.05, 4.69) is 12.2 Å². The Bertz CT molecular complexity index is 266. The fraction of sp³-hybridized carbons (Fsp3) is 0.538. The second kappa shape index (κ2) is 8.57. The number of benzene rings is 1. The lowest BCUT2D eigenvalue weighted by atomic mass is 10.0. The normalized spacial score (nSPS) is 13.9. The van der Waals surface area contributed by atoms with Gasteiger partial charge in [-0.3, -0.25) is 0 Å². The molecule has 2 N–H and O–H groups in total. The summed E-state index contributed by atoms with van der Waals surface area (Å²) in [6, 6.07) is 9.91. The average molecular weight is 244 g/mol. The van der Waals surface area contributed by atoms with Crippen molar-refractivity contribution in [1.29, 1.82) is 0 Å². The van der Waals surface area contributed by atoms with Crippen LogP contribution in [0, 0.1) is 0 Å². The maximum absolute atomic E-state index is 10.0. The molecule has 2 atom stereocenters. The van der Waals surface area contributed by atoms with Gasteiger partial charge in [-0.2, -0.15) is 0 Å². The first-order valence-electron chi connectivity index (χ1n) is 5.72. The van der Waals surface area contributed by atoms with Crippen LogP contribution in [-0.4, -0.2) is 17.7 Å². The molecule has 0 spiro atoms. The highest BCUT2D eigenvalue weighted by molar-refractivity contribution is 5.85. The SMILES string of the molecule is CCCCNC(C)C(O)c1ccccc1.Cl. The van der Waals surface area contributed by atoms with Crippen molar-refractivity contribution in [3.63, 3.8) is 0 Å². The first-order valence-corrected chi connectivity index (χ1v) is 5.72. The first kappa shape index (κ1) is 15.4. The molecule has 2 nitrogen and oxygen atoms in total. The molecule has 0 amide bonds. The van der Waals surface area contributed by atoms with E-state index in [4.69, 9.17) is 0 Å². The highest BCUT2D eigenvalue weighted by atomic mass is 35.5. The lowest BCUT2D eigenvalue weighted by Crippen LogP contribution is -2.32. The molecule has 0 saturated carbocycles. The summed E-state index contributed by atoms with van der Waals surface area (Å²) < 4.78 is 0. The maximum atomic E-state index is 10.0. The van der Waals surface area contributed by atoms with Crippen molar-refractivity contribution >= 4 is 12.4 Å². The average Bonchev–Trinajstić information content (AvgIpc) is 2.29. The van der Waals surface area contributed by atoms with E-state index in [0.717, 1.165) is 18.5 Å². The van der Waals surface area contributed by atoms with Gasteiger partial charge in [0.05, 0.1) is 6.10 Å². The van der Waals surface area contributed by atoms with Crippen LogP contribution in [0.15, 0.2) is 30.3 Å². The topological polar surface area (TPSA) is 32.3 Å². The Kier molecular flexibility index (Phi) is 8.26. The van der Waals surface area contributed by atoms with Crippen molar-refractivity contribution in [1.82, 2.24) is 5.32 Å². The summed E-state index contributed by atoms with van der Waals surface area (Å²) in [6.45, 7) is 5.16. The molecule has 0 fully saturated rings. The fourth-order valence-electron chi connectivity index (χ4n) is 1.56. The van der Waals surface area contributed by atoms with Gasteiger partial charge in [-0.15, -0.1) is 12.4 Å². The molecule has 0 saturated heterocycles. The molecular formula is C13H22ClNO. The Morgan fingerprint density at radius 1 is 1.25 bits per heavy atom. The molecule has 0 radical (unpaired) electrons. The molecule has 2 unspecified atom stereocenters. The van der Waals surface area contributed by atoms with E-state index in [-0.39, 0.29) is 18.4 Å². The molecule has 0 bridgehead atoms. The van der Waals surface area contributed by atoms with Crippen LogP contribution in [0.4, 0.5) is 0 Å². The van der Waals surface area contributed by atoms with Gasteiger partial charge in [-0.1, -0.05) is 43.7 Å². The number of nitrogens with one attached hydrogen (secondary N) is 1. The summed E-state index contributed by atoms with van der Waals surface area (Å²) >= 11 is 0. The molecule has 16 heavy (non-hydrogen) atoms. The van der Waals surface area contributed by atoms with E-state index >= 15 is 0 Å². The molecule has 0 aromatic heterocycles. The summed E-state index contributed by atoms with van der Waals surface area (Å²) in [5, 5.41) is 13.4. The van der Waals surface area contributed by atoms with Gasteiger partial charge >= 0.3 is 0 Å². The molecule has 0 heterocycles. The number of hydrogen-bond donors (Lipinski definition) is 2. The predicted molar refractivity (Wildman–Crippen MR) is 71.0 cm³/mol. The number of hydrogen-bond acceptors (Lipinski definition) is 2. The van der Waals surface area contributed by atoms with Gasteiger partial charge in [-0.05, 0) is 25.5 Å². The number of unbranched alkanes of at least 4 members (excludes halogenated alkanes) is 1. The first-order chi connectivity index (χ1) is 7.25. The van der Waals surface area contributed by atoms with Crippen LogP contribution in [-0.2, 0) is 0 Å². The molecular weight excluding hydrogens is 222 g/mol. The fourth-order valence-corrected chi connectivity index (χ4v) is 1.56. The molecule has 0 aliphatic carbocycles. The molecule has 3 heteroatoms. The second-order valence-corrected chi connectivity index (χ2v) is 3.95. The molecule has 0 aliphatic heterocycles. The van der Waals surface area contributed by atoms with Crippen LogP contribution in [0.2, 0.25) is 0 Å². The zero-order valence-electron chi connectivity index (χ0n) is 10.0. The minimum atomic E-state index is -0.414. The van der Waals surface area contributed by atoms with Crippen molar-refractivity contribution in [3.8, 4) is 0 Å². The number of aliphatic hydroxyl groups is 1. The summed E-state index contributed by atoms with van der Waals surface area (Å²) in [6.07, 6.45) is 1.93. The Morgan fingerprint density at radius 2 is 1.88 bits per heavy atom. The monoisotopic (exact) mass is 243 g/mol. The lowest BCUT2D eigenvalue weighted by molar-refractivity contribution is 0.136. The third kappa shape index (κ3) is 4.97. The summed E-state index contributed by atoms with van der Waals surface area (Å²) in [5.74, 6) is 0. The van der Waals surface area contributed by atoms with Gasteiger partial charge in [0.15, 0.2) is 0 Å². The van der Waals surface area contributed by atoms with Crippen molar-refractivity contribution in [2.75, 3.05) is 6.54 Å². The van der Waals surface area contributed by atoms with Crippen LogP contribution in [0.3, 0.4) is 0 Å². The third-order valence-corrected chi connectivity index (χ3v) is 2.61. The van der Waals surface area contributed by atoms with E-state index in [0.29, 0.717) is 0 Å². The van der Waals surface area contributed by atoms with Crippen LogP contribution in [0.5, 0.6) is 0 Å². The second-order valence-electron chi connectivity index (χ2n) is 3.95. The minimum Gasteiger partial charge on any atom is -0.387 e.